The van der Waals surface area contributed by atoms with E-state index in [2.05, 4.69) is 29.5 Å². The summed E-state index contributed by atoms with van der Waals surface area (Å²) in [5, 5.41) is 6.45. The minimum atomic E-state index is -3.44. The third-order valence-corrected chi connectivity index (χ3v) is 6.25. The first-order valence-corrected chi connectivity index (χ1v) is 10.4. The topological polar surface area (TPSA) is 73.8 Å². The second-order valence-electron chi connectivity index (χ2n) is 6.77. The summed E-state index contributed by atoms with van der Waals surface area (Å²) in [6.07, 6.45) is 2.98. The molecule has 0 aliphatic carbocycles. The molecule has 0 radical (unpaired) electrons. The van der Waals surface area contributed by atoms with Crippen LogP contribution in [0.25, 0.3) is 0 Å². The second kappa shape index (κ2) is 9.20. The fraction of sp³-hybridized carbons (Fsp3) is 0.611. The predicted octanol–water partition coefficient (Wildman–Crippen LogP) is 2.18. The lowest BCUT2D eigenvalue weighted by Crippen LogP contribution is -2.39. The van der Waals surface area contributed by atoms with E-state index in [0.717, 1.165) is 31.4 Å². The third kappa shape index (κ3) is 5.44. The molecule has 0 amide bonds. The van der Waals surface area contributed by atoms with Crippen molar-refractivity contribution in [3.8, 4) is 0 Å². The standard InChI is InChI=1S/C18H30N4O2S/c1-15(2)13-20-18(19-3)21-14-16-9-5-6-10-17(16)25(23,24)22-11-7-4-8-12-22/h5-6,9-10,15H,4,7-8,11-14H2,1-3H3,(H2,19,20,21). The van der Waals surface area contributed by atoms with E-state index >= 15 is 0 Å². The van der Waals surface area contributed by atoms with Crippen molar-refractivity contribution >= 4 is 16.0 Å². The summed E-state index contributed by atoms with van der Waals surface area (Å²) in [6.45, 7) is 6.71. The second-order valence-corrected chi connectivity index (χ2v) is 8.68. The summed E-state index contributed by atoms with van der Waals surface area (Å²) >= 11 is 0. The monoisotopic (exact) mass is 366 g/mol. The number of nitrogens with zero attached hydrogens (tertiary/aromatic N) is 2. The Bertz CT molecular complexity index is 680. The van der Waals surface area contributed by atoms with Gasteiger partial charge in [0.25, 0.3) is 0 Å². The van der Waals surface area contributed by atoms with Gasteiger partial charge in [-0.3, -0.25) is 4.99 Å². The van der Waals surface area contributed by atoms with Crippen LogP contribution in [0.4, 0.5) is 0 Å². The van der Waals surface area contributed by atoms with Crippen molar-refractivity contribution in [2.75, 3.05) is 26.7 Å². The number of nitrogens with one attached hydrogen (secondary N) is 2. The van der Waals surface area contributed by atoms with Gasteiger partial charge in [-0.2, -0.15) is 4.31 Å². The Morgan fingerprint density at radius 1 is 1.16 bits per heavy atom. The molecule has 0 unspecified atom stereocenters. The quantitative estimate of drug-likeness (QED) is 0.598. The van der Waals surface area contributed by atoms with Crippen LogP contribution in [-0.2, 0) is 16.6 Å². The minimum Gasteiger partial charge on any atom is -0.356 e. The van der Waals surface area contributed by atoms with Crippen LogP contribution in [0.15, 0.2) is 34.2 Å². The first-order valence-electron chi connectivity index (χ1n) is 8.97. The summed E-state index contributed by atoms with van der Waals surface area (Å²) in [4.78, 5) is 4.58. The molecule has 140 valence electrons. The van der Waals surface area contributed by atoms with Crippen LogP contribution in [0.3, 0.4) is 0 Å². The molecule has 2 rings (SSSR count). The minimum absolute atomic E-state index is 0.392. The summed E-state index contributed by atoms with van der Waals surface area (Å²) in [5.41, 5.74) is 0.764. The molecule has 0 bridgehead atoms. The Hall–Kier alpha value is -1.60. The number of sulfonamides is 1. The van der Waals surface area contributed by atoms with E-state index in [1.54, 1.807) is 23.5 Å². The van der Waals surface area contributed by atoms with Crippen molar-refractivity contribution in [1.29, 1.82) is 0 Å². The van der Waals surface area contributed by atoms with Gasteiger partial charge in [0.2, 0.25) is 10.0 Å². The summed E-state index contributed by atoms with van der Waals surface area (Å²) in [6, 6.07) is 7.22. The largest absolute Gasteiger partial charge is 0.356 e. The highest BCUT2D eigenvalue weighted by atomic mass is 32.2. The van der Waals surface area contributed by atoms with Crippen LogP contribution in [0.5, 0.6) is 0 Å². The van der Waals surface area contributed by atoms with Gasteiger partial charge < -0.3 is 10.6 Å². The number of hydrogen-bond donors (Lipinski definition) is 2. The van der Waals surface area contributed by atoms with Gasteiger partial charge in [-0.25, -0.2) is 8.42 Å². The molecule has 0 atom stereocenters. The SMILES string of the molecule is CN=C(NCc1ccccc1S(=O)(=O)N1CCCCC1)NCC(C)C. The van der Waals surface area contributed by atoms with Crippen molar-refractivity contribution in [1.82, 2.24) is 14.9 Å². The Kier molecular flexibility index (Phi) is 7.25. The van der Waals surface area contributed by atoms with Crippen LogP contribution < -0.4 is 10.6 Å². The zero-order valence-corrected chi connectivity index (χ0v) is 16.3. The number of guanidine groups is 1. The van der Waals surface area contributed by atoms with Gasteiger partial charge in [-0.1, -0.05) is 38.5 Å². The maximum Gasteiger partial charge on any atom is 0.243 e. The molecule has 1 aliphatic rings. The molecule has 1 saturated heterocycles. The van der Waals surface area contributed by atoms with Crippen molar-refractivity contribution in [2.45, 2.75) is 44.6 Å². The molecule has 0 saturated carbocycles. The lowest BCUT2D eigenvalue weighted by atomic mass is 10.2. The highest BCUT2D eigenvalue weighted by Gasteiger charge is 2.27. The zero-order valence-electron chi connectivity index (χ0n) is 15.5. The Morgan fingerprint density at radius 2 is 1.84 bits per heavy atom. The molecule has 6 nitrogen and oxygen atoms in total. The maximum atomic E-state index is 13.0. The average Bonchev–Trinajstić information content (AvgIpc) is 2.62. The number of benzene rings is 1. The fourth-order valence-corrected chi connectivity index (χ4v) is 4.59. The molecular formula is C18H30N4O2S. The van der Waals surface area contributed by atoms with E-state index in [1.165, 1.54) is 0 Å². The lowest BCUT2D eigenvalue weighted by molar-refractivity contribution is 0.346. The summed E-state index contributed by atoms with van der Waals surface area (Å²) in [5.74, 6) is 1.18. The Morgan fingerprint density at radius 3 is 2.48 bits per heavy atom. The molecule has 1 aromatic rings. The third-order valence-electron chi connectivity index (χ3n) is 4.25. The van der Waals surface area contributed by atoms with E-state index in [9.17, 15) is 8.42 Å². The van der Waals surface area contributed by atoms with E-state index in [4.69, 9.17) is 0 Å². The van der Waals surface area contributed by atoms with Gasteiger partial charge in [0.1, 0.15) is 0 Å². The number of aliphatic imine (C=N–C) groups is 1. The summed E-state index contributed by atoms with van der Waals surface area (Å²) < 4.78 is 27.6. The van der Waals surface area contributed by atoms with Crippen LogP contribution in [-0.4, -0.2) is 45.4 Å². The van der Waals surface area contributed by atoms with Crippen molar-refractivity contribution in [3.63, 3.8) is 0 Å². The van der Waals surface area contributed by atoms with Gasteiger partial charge in [0.05, 0.1) is 4.90 Å². The molecule has 0 aromatic heterocycles. The first-order chi connectivity index (χ1) is 11.9. The lowest BCUT2D eigenvalue weighted by Gasteiger charge is -2.27. The maximum absolute atomic E-state index is 13.0. The molecule has 25 heavy (non-hydrogen) atoms. The van der Waals surface area contributed by atoms with E-state index in [1.807, 2.05) is 12.1 Å². The van der Waals surface area contributed by atoms with Crippen molar-refractivity contribution in [3.05, 3.63) is 29.8 Å². The van der Waals surface area contributed by atoms with Crippen molar-refractivity contribution in [2.24, 2.45) is 10.9 Å². The van der Waals surface area contributed by atoms with Gasteiger partial charge in [-0.15, -0.1) is 0 Å². The van der Waals surface area contributed by atoms with Crippen molar-refractivity contribution < 1.29 is 8.42 Å². The Labute approximate surface area is 151 Å². The molecule has 7 heteroatoms. The normalized spacial score (nSPS) is 16.9. The van der Waals surface area contributed by atoms with Gasteiger partial charge in [0.15, 0.2) is 5.96 Å². The van der Waals surface area contributed by atoms with Gasteiger partial charge in [0, 0.05) is 33.2 Å². The van der Waals surface area contributed by atoms with Gasteiger partial charge >= 0.3 is 0 Å². The molecule has 1 heterocycles. The average molecular weight is 367 g/mol. The fourth-order valence-electron chi connectivity index (χ4n) is 2.85. The van der Waals surface area contributed by atoms with Crippen LogP contribution in [0.1, 0.15) is 38.7 Å². The molecular weight excluding hydrogens is 336 g/mol. The highest BCUT2D eigenvalue weighted by Crippen LogP contribution is 2.23. The molecule has 2 N–H and O–H groups in total. The van der Waals surface area contributed by atoms with E-state index in [0.29, 0.717) is 36.4 Å². The van der Waals surface area contributed by atoms with Crippen LogP contribution in [0.2, 0.25) is 0 Å². The Balaban J connectivity index is 2.12. The molecule has 1 aliphatic heterocycles. The first kappa shape index (κ1) is 19.7. The number of rotatable bonds is 6. The number of hydrogen-bond acceptors (Lipinski definition) is 3. The van der Waals surface area contributed by atoms with Crippen LogP contribution >= 0.6 is 0 Å². The summed E-state index contributed by atoms with van der Waals surface area (Å²) in [7, 11) is -1.73. The molecule has 1 aromatic carbocycles. The smallest absolute Gasteiger partial charge is 0.243 e. The molecule has 1 fully saturated rings. The predicted molar refractivity (Wildman–Crippen MR) is 102 cm³/mol. The molecule has 0 spiro atoms. The van der Waals surface area contributed by atoms with Crippen LogP contribution in [0, 0.1) is 5.92 Å². The van der Waals surface area contributed by atoms with Gasteiger partial charge in [-0.05, 0) is 30.4 Å². The zero-order chi connectivity index (χ0) is 18.3. The number of piperidine rings is 1. The highest BCUT2D eigenvalue weighted by molar-refractivity contribution is 7.89. The van der Waals surface area contributed by atoms with E-state index in [-0.39, 0.29) is 0 Å². The van der Waals surface area contributed by atoms with E-state index < -0.39 is 10.0 Å².